The molecular weight excluding hydrogens is 372 g/mol. The highest BCUT2D eigenvalue weighted by atomic mass is 35.5. The van der Waals surface area contributed by atoms with Crippen molar-refractivity contribution < 1.29 is 9.84 Å². The molecule has 1 N–H and O–H groups in total. The van der Waals surface area contributed by atoms with Crippen LogP contribution in [0.25, 0.3) is 0 Å². The van der Waals surface area contributed by atoms with Crippen LogP contribution >= 0.6 is 23.4 Å². The van der Waals surface area contributed by atoms with E-state index in [0.717, 1.165) is 16.9 Å². The van der Waals surface area contributed by atoms with Gasteiger partial charge >= 0.3 is 0 Å². The molecule has 0 atom stereocenters. The molecule has 1 heterocycles. The normalized spacial score (nSPS) is 11.2. The molecule has 0 aliphatic heterocycles. The zero-order valence-corrected chi connectivity index (χ0v) is 15.6. The van der Waals surface area contributed by atoms with Gasteiger partial charge in [0.15, 0.2) is 11.5 Å². The average molecular weight is 389 g/mol. The topological polar surface area (TPSA) is 72.5 Å². The Morgan fingerprint density at radius 2 is 2.08 bits per heavy atom. The maximum absolute atomic E-state index is 9.75. The number of hydrogen-bond donors (Lipinski definition) is 1. The number of thioether (sulfide) groups is 1. The minimum atomic E-state index is 0.104. The Kier molecular flexibility index (Phi) is 6.14. The summed E-state index contributed by atoms with van der Waals surface area (Å²) in [7, 11) is 0. The Morgan fingerprint density at radius 3 is 2.85 bits per heavy atom. The van der Waals surface area contributed by atoms with Gasteiger partial charge in [-0.3, -0.25) is 0 Å². The number of hydrogen-bond acceptors (Lipinski definition) is 6. The van der Waals surface area contributed by atoms with Gasteiger partial charge < -0.3 is 9.84 Å². The fraction of sp³-hybridized carbons (Fsp3) is 0.167. The summed E-state index contributed by atoms with van der Waals surface area (Å²) in [5, 5.41) is 23.5. The SMILES string of the molecule is CCOc1cc(/C=N/n2cnnc2SCc2ccc(Cl)cc2)ccc1O. The van der Waals surface area contributed by atoms with Gasteiger partial charge in [-0.05, 0) is 48.4 Å². The monoisotopic (exact) mass is 388 g/mol. The molecule has 0 fully saturated rings. The second kappa shape index (κ2) is 8.73. The summed E-state index contributed by atoms with van der Waals surface area (Å²) in [5.41, 5.74) is 1.94. The van der Waals surface area contributed by atoms with E-state index in [4.69, 9.17) is 16.3 Å². The quantitative estimate of drug-likeness (QED) is 0.484. The number of rotatable bonds is 7. The first kappa shape index (κ1) is 18.3. The highest BCUT2D eigenvalue weighted by Crippen LogP contribution is 2.26. The number of benzene rings is 2. The molecule has 0 saturated heterocycles. The predicted molar refractivity (Wildman–Crippen MR) is 103 cm³/mol. The first-order valence-electron chi connectivity index (χ1n) is 7.93. The molecule has 1 aromatic heterocycles. The lowest BCUT2D eigenvalue weighted by atomic mass is 10.2. The summed E-state index contributed by atoms with van der Waals surface area (Å²) in [6.45, 7) is 2.34. The van der Waals surface area contributed by atoms with Gasteiger partial charge in [-0.25, -0.2) is 0 Å². The third-order valence-electron chi connectivity index (χ3n) is 3.40. The molecule has 0 bridgehead atoms. The summed E-state index contributed by atoms with van der Waals surface area (Å²) < 4.78 is 6.98. The summed E-state index contributed by atoms with van der Waals surface area (Å²) >= 11 is 7.43. The van der Waals surface area contributed by atoms with Crippen molar-refractivity contribution >= 4 is 29.6 Å². The summed E-state index contributed by atoms with van der Waals surface area (Å²) in [4.78, 5) is 0. The van der Waals surface area contributed by atoms with Crippen LogP contribution in [0.4, 0.5) is 0 Å². The van der Waals surface area contributed by atoms with Gasteiger partial charge in [0.2, 0.25) is 5.16 Å². The van der Waals surface area contributed by atoms with Crippen LogP contribution in [0.1, 0.15) is 18.1 Å². The number of nitrogens with zero attached hydrogens (tertiary/aromatic N) is 4. The molecule has 3 aromatic rings. The van der Waals surface area contributed by atoms with Crippen LogP contribution in [0.5, 0.6) is 11.5 Å². The lowest BCUT2D eigenvalue weighted by Crippen LogP contribution is -1.95. The predicted octanol–water partition coefficient (Wildman–Crippen LogP) is 4.21. The van der Waals surface area contributed by atoms with Crippen molar-refractivity contribution in [3.63, 3.8) is 0 Å². The van der Waals surface area contributed by atoms with Crippen LogP contribution in [0.15, 0.2) is 59.0 Å². The standard InChI is InChI=1S/C18H17ClN4O2S/c1-2-25-17-9-14(5-8-16(17)24)10-21-23-12-20-22-18(23)26-11-13-3-6-15(19)7-4-13/h3-10,12,24H,2,11H2,1H3/b21-10+. The summed E-state index contributed by atoms with van der Waals surface area (Å²) in [5.74, 6) is 1.27. The Bertz CT molecular complexity index is 896. The molecule has 8 heteroatoms. The van der Waals surface area contributed by atoms with Gasteiger partial charge in [0.1, 0.15) is 6.33 Å². The lowest BCUT2D eigenvalue weighted by molar-refractivity contribution is 0.318. The minimum Gasteiger partial charge on any atom is -0.504 e. The zero-order chi connectivity index (χ0) is 18.4. The molecule has 26 heavy (non-hydrogen) atoms. The van der Waals surface area contributed by atoms with E-state index in [9.17, 15) is 5.11 Å². The number of halogens is 1. The molecule has 0 unspecified atom stereocenters. The first-order chi connectivity index (χ1) is 12.7. The molecular formula is C18H17ClN4O2S. The largest absolute Gasteiger partial charge is 0.504 e. The molecule has 134 valence electrons. The molecule has 6 nitrogen and oxygen atoms in total. The second-order valence-electron chi connectivity index (χ2n) is 5.28. The van der Waals surface area contributed by atoms with Gasteiger partial charge in [0.25, 0.3) is 0 Å². The number of phenolic OH excluding ortho intramolecular Hbond substituents is 1. The summed E-state index contributed by atoms with van der Waals surface area (Å²) in [6, 6.07) is 12.7. The highest BCUT2D eigenvalue weighted by Gasteiger charge is 2.06. The van der Waals surface area contributed by atoms with Crippen molar-refractivity contribution in [3.8, 4) is 11.5 Å². The number of aromatic hydroxyl groups is 1. The van der Waals surface area contributed by atoms with Crippen LogP contribution in [0.2, 0.25) is 5.02 Å². The third kappa shape index (κ3) is 4.77. The van der Waals surface area contributed by atoms with E-state index in [2.05, 4.69) is 15.3 Å². The van der Waals surface area contributed by atoms with Gasteiger partial charge in [0, 0.05) is 10.8 Å². The zero-order valence-electron chi connectivity index (χ0n) is 14.0. The van der Waals surface area contributed by atoms with E-state index in [-0.39, 0.29) is 5.75 Å². The fourth-order valence-electron chi connectivity index (χ4n) is 2.13. The van der Waals surface area contributed by atoms with Crippen molar-refractivity contribution in [1.29, 1.82) is 0 Å². The van der Waals surface area contributed by atoms with Crippen LogP contribution in [-0.2, 0) is 5.75 Å². The Balaban J connectivity index is 1.69. The van der Waals surface area contributed by atoms with Crippen LogP contribution in [0, 0.1) is 0 Å². The van der Waals surface area contributed by atoms with Gasteiger partial charge in [-0.2, -0.15) is 9.78 Å². The molecule has 0 saturated carbocycles. The fourth-order valence-corrected chi connectivity index (χ4v) is 3.08. The Labute approximate surface area is 160 Å². The van der Waals surface area contributed by atoms with Crippen LogP contribution in [-0.4, -0.2) is 32.8 Å². The van der Waals surface area contributed by atoms with Gasteiger partial charge in [-0.1, -0.05) is 35.5 Å². The van der Waals surface area contributed by atoms with Crippen molar-refractivity contribution in [2.24, 2.45) is 5.10 Å². The van der Waals surface area contributed by atoms with E-state index in [0.29, 0.717) is 22.5 Å². The van der Waals surface area contributed by atoms with Gasteiger partial charge in [-0.15, -0.1) is 10.2 Å². The molecule has 0 radical (unpaired) electrons. The smallest absolute Gasteiger partial charge is 0.212 e. The van der Waals surface area contributed by atoms with Gasteiger partial charge in [0.05, 0.1) is 12.8 Å². The van der Waals surface area contributed by atoms with Crippen molar-refractivity contribution in [2.45, 2.75) is 17.8 Å². The van der Waals surface area contributed by atoms with Crippen LogP contribution < -0.4 is 4.74 Å². The van der Waals surface area contributed by atoms with Crippen molar-refractivity contribution in [2.75, 3.05) is 6.61 Å². The molecule has 2 aromatic carbocycles. The molecule has 0 aliphatic carbocycles. The highest BCUT2D eigenvalue weighted by molar-refractivity contribution is 7.98. The van der Waals surface area contributed by atoms with E-state index in [1.165, 1.54) is 11.8 Å². The van der Waals surface area contributed by atoms with E-state index >= 15 is 0 Å². The molecule has 3 rings (SSSR count). The van der Waals surface area contributed by atoms with Crippen molar-refractivity contribution in [1.82, 2.24) is 14.9 Å². The summed E-state index contributed by atoms with van der Waals surface area (Å²) in [6.07, 6.45) is 3.21. The molecule has 0 amide bonds. The average Bonchev–Trinajstić information content (AvgIpc) is 3.09. The second-order valence-corrected chi connectivity index (χ2v) is 6.66. The van der Waals surface area contributed by atoms with Crippen molar-refractivity contribution in [3.05, 3.63) is 64.9 Å². The van der Waals surface area contributed by atoms with E-state index in [1.807, 2.05) is 31.2 Å². The number of ether oxygens (including phenoxy) is 1. The van der Waals surface area contributed by atoms with E-state index < -0.39 is 0 Å². The Hall–Kier alpha value is -2.51. The maximum Gasteiger partial charge on any atom is 0.212 e. The Morgan fingerprint density at radius 1 is 1.27 bits per heavy atom. The number of phenols is 1. The van der Waals surface area contributed by atoms with E-state index in [1.54, 1.807) is 35.4 Å². The maximum atomic E-state index is 9.75. The lowest BCUT2D eigenvalue weighted by Gasteiger charge is -2.06. The molecule has 0 spiro atoms. The van der Waals surface area contributed by atoms with Crippen LogP contribution in [0.3, 0.4) is 0 Å². The third-order valence-corrected chi connectivity index (χ3v) is 4.65. The number of aromatic nitrogens is 3. The first-order valence-corrected chi connectivity index (χ1v) is 9.29. The minimum absolute atomic E-state index is 0.104. The molecule has 0 aliphatic rings.